The Morgan fingerprint density at radius 1 is 1.38 bits per heavy atom. The van der Waals surface area contributed by atoms with Gasteiger partial charge in [0.1, 0.15) is 5.75 Å². The summed E-state index contributed by atoms with van der Waals surface area (Å²) in [6.45, 7) is 6.05. The molecule has 0 aromatic heterocycles. The first-order valence-electron chi connectivity index (χ1n) is 9.61. The third kappa shape index (κ3) is 5.23. The standard InChI is InChI=1S/C22H31NO2S/c1-5-10-19(24)16(3)22(17-11-7-8-13-20(17)25-4)23-18-12-9-14-21(18)26-15-6-2/h5,7-8,10-11,13,16,18,21H,6,9,12,14-15H2,1-4H3/b10-5+,23-22?. The van der Waals surface area contributed by atoms with Crippen LogP contribution in [0.2, 0.25) is 0 Å². The van der Waals surface area contributed by atoms with E-state index >= 15 is 0 Å². The van der Waals surface area contributed by atoms with E-state index in [0.29, 0.717) is 5.25 Å². The first-order valence-corrected chi connectivity index (χ1v) is 10.7. The van der Waals surface area contributed by atoms with Crippen LogP contribution in [0.25, 0.3) is 0 Å². The van der Waals surface area contributed by atoms with E-state index in [1.165, 1.54) is 25.0 Å². The number of para-hydroxylation sites is 1. The van der Waals surface area contributed by atoms with Crippen LogP contribution >= 0.6 is 11.8 Å². The zero-order chi connectivity index (χ0) is 18.9. The van der Waals surface area contributed by atoms with Crippen LogP contribution in [0.1, 0.15) is 52.0 Å². The van der Waals surface area contributed by atoms with Gasteiger partial charge in [0.15, 0.2) is 5.78 Å². The average molecular weight is 374 g/mol. The van der Waals surface area contributed by atoms with Crippen molar-refractivity contribution in [2.24, 2.45) is 10.9 Å². The van der Waals surface area contributed by atoms with Crippen LogP contribution in [0.4, 0.5) is 0 Å². The van der Waals surface area contributed by atoms with Gasteiger partial charge in [0.25, 0.3) is 0 Å². The molecule has 3 unspecified atom stereocenters. The second-order valence-corrected chi connectivity index (χ2v) is 8.09. The van der Waals surface area contributed by atoms with E-state index in [4.69, 9.17) is 9.73 Å². The smallest absolute Gasteiger partial charge is 0.164 e. The summed E-state index contributed by atoms with van der Waals surface area (Å²) in [6, 6.07) is 8.18. The Balaban J connectivity index is 2.41. The molecule has 1 aromatic carbocycles. The van der Waals surface area contributed by atoms with Crippen LogP contribution in [-0.2, 0) is 4.79 Å². The number of nitrogens with zero attached hydrogens (tertiary/aromatic N) is 1. The van der Waals surface area contributed by atoms with Gasteiger partial charge in [-0.2, -0.15) is 11.8 Å². The number of carbonyl (C=O) groups is 1. The van der Waals surface area contributed by atoms with Crippen molar-refractivity contribution in [2.45, 2.75) is 57.7 Å². The minimum Gasteiger partial charge on any atom is -0.496 e. The van der Waals surface area contributed by atoms with Gasteiger partial charge in [0, 0.05) is 10.8 Å². The van der Waals surface area contributed by atoms with Gasteiger partial charge in [0.2, 0.25) is 0 Å². The Hall–Kier alpha value is -1.55. The summed E-state index contributed by atoms with van der Waals surface area (Å²) >= 11 is 2.03. The van der Waals surface area contributed by atoms with Gasteiger partial charge in [-0.3, -0.25) is 9.79 Å². The number of thioether (sulfide) groups is 1. The molecule has 26 heavy (non-hydrogen) atoms. The number of hydrogen-bond acceptors (Lipinski definition) is 4. The molecule has 142 valence electrons. The first-order chi connectivity index (χ1) is 12.6. The number of rotatable bonds is 9. The number of aliphatic imine (C=N–C) groups is 1. The summed E-state index contributed by atoms with van der Waals surface area (Å²) in [6.07, 6.45) is 8.17. The molecule has 0 N–H and O–H groups in total. The Labute approximate surface area is 162 Å². The highest BCUT2D eigenvalue weighted by Gasteiger charge is 2.30. The van der Waals surface area contributed by atoms with Gasteiger partial charge in [0.05, 0.1) is 24.8 Å². The Bertz CT molecular complexity index is 653. The second kappa shape index (κ2) is 10.6. The lowest BCUT2D eigenvalue weighted by Gasteiger charge is -2.21. The summed E-state index contributed by atoms with van der Waals surface area (Å²) in [5, 5.41) is 0.559. The quantitative estimate of drug-likeness (QED) is 0.434. The molecule has 0 amide bonds. The van der Waals surface area contributed by atoms with Crippen molar-refractivity contribution in [1.82, 2.24) is 0 Å². The van der Waals surface area contributed by atoms with E-state index in [1.807, 2.05) is 49.9 Å². The molecule has 0 bridgehead atoms. The van der Waals surface area contributed by atoms with Crippen molar-refractivity contribution >= 4 is 23.3 Å². The van der Waals surface area contributed by atoms with Crippen LogP contribution in [0, 0.1) is 5.92 Å². The summed E-state index contributed by atoms with van der Waals surface area (Å²) < 4.78 is 5.56. The molecule has 4 heteroatoms. The molecule has 1 fully saturated rings. The molecule has 1 aliphatic carbocycles. The maximum absolute atomic E-state index is 12.6. The van der Waals surface area contributed by atoms with E-state index in [9.17, 15) is 4.79 Å². The molecule has 3 nitrogen and oxygen atoms in total. The highest BCUT2D eigenvalue weighted by atomic mass is 32.2. The van der Waals surface area contributed by atoms with Crippen molar-refractivity contribution in [3.05, 3.63) is 42.0 Å². The van der Waals surface area contributed by atoms with E-state index in [1.54, 1.807) is 19.3 Å². The fourth-order valence-corrected chi connectivity index (χ4v) is 4.70. The fourth-order valence-electron chi connectivity index (χ4n) is 3.41. The Kier molecular flexibility index (Phi) is 8.43. The molecular formula is C22H31NO2S. The third-order valence-electron chi connectivity index (χ3n) is 4.81. The van der Waals surface area contributed by atoms with E-state index in [0.717, 1.165) is 23.4 Å². The molecule has 3 atom stereocenters. The summed E-state index contributed by atoms with van der Waals surface area (Å²) in [7, 11) is 1.67. The fraction of sp³-hybridized carbons (Fsp3) is 0.545. The Morgan fingerprint density at radius 2 is 2.15 bits per heavy atom. The molecular weight excluding hydrogens is 342 g/mol. The van der Waals surface area contributed by atoms with Crippen LogP contribution in [0.3, 0.4) is 0 Å². The maximum Gasteiger partial charge on any atom is 0.164 e. The van der Waals surface area contributed by atoms with Gasteiger partial charge in [-0.25, -0.2) is 0 Å². The van der Waals surface area contributed by atoms with E-state index in [-0.39, 0.29) is 17.7 Å². The highest BCUT2D eigenvalue weighted by molar-refractivity contribution is 7.99. The molecule has 1 saturated carbocycles. The average Bonchev–Trinajstić information content (AvgIpc) is 3.11. The molecule has 0 heterocycles. The monoisotopic (exact) mass is 373 g/mol. The van der Waals surface area contributed by atoms with Crippen LogP contribution in [0.5, 0.6) is 5.75 Å². The van der Waals surface area contributed by atoms with Gasteiger partial charge < -0.3 is 4.74 Å². The molecule has 0 saturated heterocycles. The summed E-state index contributed by atoms with van der Waals surface area (Å²) in [5.74, 6) is 1.77. The number of carbonyl (C=O) groups excluding carboxylic acids is 1. The normalized spacial score (nSPS) is 21.9. The lowest BCUT2D eigenvalue weighted by atomic mass is 9.93. The first kappa shape index (κ1) is 20.8. The van der Waals surface area contributed by atoms with E-state index in [2.05, 4.69) is 6.92 Å². The maximum atomic E-state index is 12.6. The van der Waals surface area contributed by atoms with Gasteiger partial charge in [-0.05, 0) is 57.1 Å². The SMILES string of the molecule is C/C=C/C(=O)C(C)C(=NC1CCCC1SCCC)c1ccccc1OC. The van der Waals surface area contributed by atoms with E-state index < -0.39 is 0 Å². The predicted octanol–water partition coefficient (Wildman–Crippen LogP) is 5.33. The van der Waals surface area contributed by atoms with Crippen LogP contribution in [0.15, 0.2) is 41.4 Å². The molecule has 1 aromatic rings. The predicted molar refractivity (Wildman–Crippen MR) is 113 cm³/mol. The number of hydrogen-bond donors (Lipinski definition) is 0. The molecule has 1 aliphatic rings. The lowest BCUT2D eigenvalue weighted by molar-refractivity contribution is -0.116. The number of ether oxygens (including phenoxy) is 1. The minimum atomic E-state index is -0.278. The van der Waals surface area contributed by atoms with Crippen LogP contribution < -0.4 is 4.74 Å². The Morgan fingerprint density at radius 3 is 2.85 bits per heavy atom. The zero-order valence-corrected chi connectivity index (χ0v) is 17.2. The molecule has 0 radical (unpaired) electrons. The topological polar surface area (TPSA) is 38.7 Å². The minimum absolute atomic E-state index is 0.0907. The number of ketones is 1. The van der Waals surface area contributed by atoms with Crippen molar-refractivity contribution < 1.29 is 9.53 Å². The molecule has 0 aliphatic heterocycles. The van der Waals surface area contributed by atoms with Crippen molar-refractivity contribution in [3.63, 3.8) is 0 Å². The number of benzene rings is 1. The van der Waals surface area contributed by atoms with Crippen molar-refractivity contribution in [2.75, 3.05) is 12.9 Å². The third-order valence-corrected chi connectivity index (χ3v) is 6.43. The molecule has 0 spiro atoms. The summed E-state index contributed by atoms with van der Waals surface area (Å²) in [4.78, 5) is 17.7. The largest absolute Gasteiger partial charge is 0.496 e. The summed E-state index contributed by atoms with van der Waals surface area (Å²) in [5.41, 5.74) is 1.80. The van der Waals surface area contributed by atoms with Gasteiger partial charge in [-0.1, -0.05) is 31.6 Å². The van der Waals surface area contributed by atoms with Crippen LogP contribution in [-0.4, -0.2) is 35.6 Å². The highest BCUT2D eigenvalue weighted by Crippen LogP contribution is 2.34. The zero-order valence-electron chi connectivity index (χ0n) is 16.4. The number of methoxy groups -OCH3 is 1. The second-order valence-electron chi connectivity index (χ2n) is 6.75. The van der Waals surface area contributed by atoms with Gasteiger partial charge in [-0.15, -0.1) is 0 Å². The van der Waals surface area contributed by atoms with Gasteiger partial charge >= 0.3 is 0 Å². The molecule has 2 rings (SSSR count). The lowest BCUT2D eigenvalue weighted by Crippen LogP contribution is -2.25. The van der Waals surface area contributed by atoms with Crippen molar-refractivity contribution in [1.29, 1.82) is 0 Å². The van der Waals surface area contributed by atoms with Crippen molar-refractivity contribution in [3.8, 4) is 5.75 Å². The number of allylic oxidation sites excluding steroid dienone is 2.